The molecule has 1 saturated heterocycles. The third-order valence-corrected chi connectivity index (χ3v) is 6.95. The molecular weight excluding hydrogens is 452 g/mol. The number of pyridine rings is 1. The molecule has 2 aromatic heterocycles. The van der Waals surface area contributed by atoms with E-state index in [4.69, 9.17) is 17.2 Å². The van der Waals surface area contributed by atoms with Gasteiger partial charge in [-0.1, -0.05) is 73.7 Å². The highest BCUT2D eigenvalue weighted by Crippen LogP contribution is 2.33. The van der Waals surface area contributed by atoms with E-state index >= 15 is 0 Å². The van der Waals surface area contributed by atoms with Gasteiger partial charge >= 0.3 is 0 Å². The molecule has 4 rings (SSSR count). The zero-order valence-electron chi connectivity index (χ0n) is 18.9. The van der Waals surface area contributed by atoms with Crippen molar-refractivity contribution in [3.05, 3.63) is 80.6 Å². The Morgan fingerprint density at radius 2 is 1.91 bits per heavy atom. The predicted octanol–water partition coefficient (Wildman–Crippen LogP) is 4.64. The Labute approximate surface area is 202 Å². The summed E-state index contributed by atoms with van der Waals surface area (Å²) in [4.78, 5) is 35.5. The summed E-state index contributed by atoms with van der Waals surface area (Å²) in [6, 6.07) is 13.8. The minimum Gasteiger partial charge on any atom is -0.355 e. The SMILES string of the molecule is CCCCN1C(=O)C(=Cc2c(N(C)Cc3ccccc3)nc3c(C)cccn3c2=O)SC1=S. The van der Waals surface area contributed by atoms with E-state index in [0.717, 1.165) is 24.0 Å². The Kier molecular flexibility index (Phi) is 6.95. The van der Waals surface area contributed by atoms with E-state index in [1.165, 1.54) is 11.8 Å². The number of thioether (sulfide) groups is 1. The quantitative estimate of drug-likeness (QED) is 0.364. The zero-order valence-corrected chi connectivity index (χ0v) is 20.6. The number of nitrogens with zero attached hydrogens (tertiary/aromatic N) is 4. The van der Waals surface area contributed by atoms with Crippen molar-refractivity contribution < 1.29 is 4.79 Å². The van der Waals surface area contributed by atoms with Gasteiger partial charge < -0.3 is 4.90 Å². The van der Waals surface area contributed by atoms with Gasteiger partial charge in [0.05, 0.1) is 10.5 Å². The van der Waals surface area contributed by atoms with Crippen LogP contribution in [0.15, 0.2) is 58.4 Å². The summed E-state index contributed by atoms with van der Waals surface area (Å²) < 4.78 is 2.07. The summed E-state index contributed by atoms with van der Waals surface area (Å²) in [6.07, 6.45) is 5.22. The number of rotatable bonds is 7. The molecule has 0 bridgehead atoms. The number of thiocarbonyl (C=S) groups is 1. The topological polar surface area (TPSA) is 57.9 Å². The van der Waals surface area contributed by atoms with Crippen molar-refractivity contribution in [3.8, 4) is 0 Å². The molecule has 6 nitrogen and oxygen atoms in total. The lowest BCUT2D eigenvalue weighted by Gasteiger charge is -2.21. The number of hydrogen-bond acceptors (Lipinski definition) is 6. The maximum atomic E-state index is 13.6. The zero-order chi connectivity index (χ0) is 23.5. The van der Waals surface area contributed by atoms with Crippen molar-refractivity contribution in [2.75, 3.05) is 18.5 Å². The van der Waals surface area contributed by atoms with E-state index in [2.05, 4.69) is 6.92 Å². The molecule has 0 aliphatic carbocycles. The first kappa shape index (κ1) is 23.2. The number of carbonyl (C=O) groups is 1. The number of carbonyl (C=O) groups excluding carboxylic acids is 1. The van der Waals surface area contributed by atoms with Crippen molar-refractivity contribution in [2.45, 2.75) is 33.2 Å². The summed E-state index contributed by atoms with van der Waals surface area (Å²) in [6.45, 7) is 5.17. The van der Waals surface area contributed by atoms with Crippen LogP contribution in [0.1, 0.15) is 36.5 Å². The van der Waals surface area contributed by atoms with Crippen LogP contribution in [-0.2, 0) is 11.3 Å². The second-order valence-electron chi connectivity index (χ2n) is 8.07. The third-order valence-electron chi connectivity index (χ3n) is 5.57. The normalized spacial score (nSPS) is 15.1. The van der Waals surface area contributed by atoms with Gasteiger partial charge in [0.1, 0.15) is 15.8 Å². The van der Waals surface area contributed by atoms with Crippen LogP contribution in [0.5, 0.6) is 0 Å². The van der Waals surface area contributed by atoms with E-state index in [9.17, 15) is 9.59 Å². The van der Waals surface area contributed by atoms with Crippen LogP contribution < -0.4 is 10.5 Å². The molecule has 0 saturated carbocycles. The van der Waals surface area contributed by atoms with E-state index in [1.54, 1.807) is 21.6 Å². The Balaban J connectivity index is 1.83. The number of unbranched alkanes of at least 4 members (excludes halogenated alkanes) is 1. The average molecular weight is 479 g/mol. The van der Waals surface area contributed by atoms with Crippen LogP contribution in [0.3, 0.4) is 0 Å². The summed E-state index contributed by atoms with van der Waals surface area (Å²) in [5.41, 5.74) is 2.78. The Hall–Kier alpha value is -2.97. The van der Waals surface area contributed by atoms with Gasteiger partial charge in [-0.3, -0.25) is 18.9 Å². The molecule has 1 aliphatic heterocycles. The van der Waals surface area contributed by atoms with Gasteiger partial charge in [-0.25, -0.2) is 4.98 Å². The van der Waals surface area contributed by atoms with E-state index < -0.39 is 0 Å². The lowest BCUT2D eigenvalue weighted by Crippen LogP contribution is -2.29. The molecule has 3 aromatic rings. The fourth-order valence-corrected chi connectivity index (χ4v) is 5.08. The molecule has 170 valence electrons. The van der Waals surface area contributed by atoms with Crippen LogP contribution in [-0.4, -0.2) is 38.1 Å². The molecule has 1 amide bonds. The van der Waals surface area contributed by atoms with Gasteiger partial charge in [0.2, 0.25) is 0 Å². The molecule has 1 aliphatic rings. The second kappa shape index (κ2) is 9.89. The van der Waals surface area contributed by atoms with Crippen LogP contribution in [0, 0.1) is 6.92 Å². The average Bonchev–Trinajstić information content (AvgIpc) is 3.07. The van der Waals surface area contributed by atoms with Crippen molar-refractivity contribution in [3.63, 3.8) is 0 Å². The van der Waals surface area contributed by atoms with E-state index in [0.29, 0.717) is 39.3 Å². The maximum absolute atomic E-state index is 13.6. The second-order valence-corrected chi connectivity index (χ2v) is 9.74. The smallest absolute Gasteiger partial charge is 0.267 e. The number of hydrogen-bond donors (Lipinski definition) is 0. The molecule has 1 aromatic carbocycles. The predicted molar refractivity (Wildman–Crippen MR) is 140 cm³/mol. The molecule has 0 unspecified atom stereocenters. The fourth-order valence-electron chi connectivity index (χ4n) is 3.79. The standard InChI is InChI=1S/C25H26N4O2S2/c1-4-5-13-29-24(31)20(33-25(29)32)15-19-22(27(3)16-18-11-7-6-8-12-18)26-21-17(2)10-9-14-28(21)23(19)30/h6-12,14-15H,4-5,13,16H2,1-3H3. The number of benzene rings is 1. The van der Waals surface area contributed by atoms with Crippen molar-refractivity contribution >= 4 is 51.7 Å². The Morgan fingerprint density at radius 1 is 1.15 bits per heavy atom. The largest absolute Gasteiger partial charge is 0.355 e. The van der Waals surface area contributed by atoms with E-state index in [-0.39, 0.29) is 11.5 Å². The molecule has 0 spiro atoms. The number of aromatic nitrogens is 2. The molecule has 0 radical (unpaired) electrons. The lowest BCUT2D eigenvalue weighted by molar-refractivity contribution is -0.122. The molecule has 8 heteroatoms. The van der Waals surface area contributed by atoms with Crippen LogP contribution >= 0.6 is 24.0 Å². The van der Waals surface area contributed by atoms with E-state index in [1.807, 2.05) is 61.3 Å². The Morgan fingerprint density at radius 3 is 2.64 bits per heavy atom. The summed E-state index contributed by atoms with van der Waals surface area (Å²) >= 11 is 6.68. The molecule has 0 atom stereocenters. The fraction of sp³-hybridized carbons (Fsp3) is 0.280. The minimum atomic E-state index is -0.211. The number of aryl methyl sites for hydroxylation is 1. The maximum Gasteiger partial charge on any atom is 0.267 e. The molecule has 3 heterocycles. The summed E-state index contributed by atoms with van der Waals surface area (Å²) in [7, 11) is 1.91. The lowest BCUT2D eigenvalue weighted by atomic mass is 10.2. The van der Waals surface area contributed by atoms with Crippen molar-refractivity contribution in [2.24, 2.45) is 0 Å². The first-order valence-electron chi connectivity index (χ1n) is 10.9. The van der Waals surface area contributed by atoms with Crippen molar-refractivity contribution in [1.29, 1.82) is 0 Å². The highest BCUT2D eigenvalue weighted by Gasteiger charge is 2.32. The van der Waals surface area contributed by atoms with Crippen LogP contribution in [0.25, 0.3) is 11.7 Å². The van der Waals surface area contributed by atoms with Gasteiger partial charge in [-0.15, -0.1) is 0 Å². The molecular formula is C25H26N4O2S2. The van der Waals surface area contributed by atoms with Gasteiger partial charge in [0.15, 0.2) is 0 Å². The summed E-state index contributed by atoms with van der Waals surface area (Å²) in [5, 5.41) is 0. The highest BCUT2D eigenvalue weighted by molar-refractivity contribution is 8.26. The Bertz CT molecular complexity index is 1300. The van der Waals surface area contributed by atoms with Gasteiger partial charge in [-0.2, -0.15) is 0 Å². The molecule has 1 fully saturated rings. The van der Waals surface area contributed by atoms with Gasteiger partial charge in [-0.05, 0) is 36.6 Å². The minimum absolute atomic E-state index is 0.149. The number of amides is 1. The van der Waals surface area contributed by atoms with Gasteiger partial charge in [0, 0.05) is 26.3 Å². The van der Waals surface area contributed by atoms with Crippen molar-refractivity contribution in [1.82, 2.24) is 14.3 Å². The number of fused-ring (bicyclic) bond motifs is 1. The molecule has 0 N–H and O–H groups in total. The highest BCUT2D eigenvalue weighted by atomic mass is 32.2. The van der Waals surface area contributed by atoms with Gasteiger partial charge in [0.25, 0.3) is 11.5 Å². The molecule has 33 heavy (non-hydrogen) atoms. The first-order chi connectivity index (χ1) is 15.9. The number of anilines is 1. The van der Waals surface area contributed by atoms with Crippen LogP contribution in [0.4, 0.5) is 5.82 Å². The van der Waals surface area contributed by atoms with Crippen LogP contribution in [0.2, 0.25) is 0 Å². The monoisotopic (exact) mass is 478 g/mol. The summed E-state index contributed by atoms with van der Waals surface area (Å²) in [5.74, 6) is 0.390. The first-order valence-corrected chi connectivity index (χ1v) is 12.2. The third kappa shape index (κ3) is 4.72.